The molecule has 0 saturated heterocycles. The maximum atomic E-state index is 12.3. The van der Waals surface area contributed by atoms with E-state index in [9.17, 15) is 13.2 Å². The van der Waals surface area contributed by atoms with Crippen LogP contribution in [0.25, 0.3) is 0 Å². The van der Waals surface area contributed by atoms with Crippen LogP contribution in [0.1, 0.15) is 11.1 Å². The molecule has 0 saturated carbocycles. The van der Waals surface area contributed by atoms with Gasteiger partial charge in [-0.2, -0.15) is 0 Å². The Kier molecular flexibility index (Phi) is 6.55. The lowest BCUT2D eigenvalue weighted by atomic mass is 10.1. The second-order valence-electron chi connectivity index (χ2n) is 5.54. The smallest absolute Gasteiger partial charge is 0.240 e. The van der Waals surface area contributed by atoms with Crippen LogP contribution in [0, 0.1) is 6.92 Å². The molecule has 2 N–H and O–H groups in total. The topological polar surface area (TPSA) is 84.5 Å². The first-order chi connectivity index (χ1) is 11.9. The van der Waals surface area contributed by atoms with E-state index in [4.69, 9.17) is 4.74 Å². The van der Waals surface area contributed by atoms with Gasteiger partial charge in [0.15, 0.2) is 0 Å². The summed E-state index contributed by atoms with van der Waals surface area (Å²) in [5.74, 6) is 0.484. The molecular weight excluding hydrogens is 340 g/mol. The van der Waals surface area contributed by atoms with E-state index in [1.54, 1.807) is 19.1 Å². The Morgan fingerprint density at radius 2 is 1.80 bits per heavy atom. The van der Waals surface area contributed by atoms with Crippen molar-refractivity contribution in [3.05, 3.63) is 59.7 Å². The van der Waals surface area contributed by atoms with Gasteiger partial charge in [0.25, 0.3) is 0 Å². The molecule has 0 bridgehead atoms. The minimum absolute atomic E-state index is 0.119. The van der Waals surface area contributed by atoms with Gasteiger partial charge in [0.2, 0.25) is 15.9 Å². The highest BCUT2D eigenvalue weighted by atomic mass is 32.2. The van der Waals surface area contributed by atoms with E-state index in [1.165, 1.54) is 13.2 Å². The third-order valence-corrected chi connectivity index (χ3v) is 5.08. The van der Waals surface area contributed by atoms with E-state index in [2.05, 4.69) is 10.0 Å². The first-order valence-corrected chi connectivity index (χ1v) is 9.35. The monoisotopic (exact) mass is 362 g/mol. The summed E-state index contributed by atoms with van der Waals surface area (Å²) >= 11 is 0. The van der Waals surface area contributed by atoms with E-state index >= 15 is 0 Å². The lowest BCUT2D eigenvalue weighted by Gasteiger charge is -2.10. The van der Waals surface area contributed by atoms with E-state index in [1.807, 2.05) is 30.3 Å². The minimum atomic E-state index is -3.62. The lowest BCUT2D eigenvalue weighted by molar-refractivity contribution is -0.120. The van der Waals surface area contributed by atoms with Crippen LogP contribution in [0.4, 0.5) is 0 Å². The predicted octanol–water partition coefficient (Wildman–Crippen LogP) is 1.64. The molecule has 2 aromatic carbocycles. The van der Waals surface area contributed by atoms with Crippen molar-refractivity contribution in [1.29, 1.82) is 0 Å². The molecule has 1 amide bonds. The zero-order chi connectivity index (χ0) is 18.3. The second-order valence-corrected chi connectivity index (χ2v) is 7.31. The second kappa shape index (κ2) is 8.64. The maximum Gasteiger partial charge on any atom is 0.240 e. The van der Waals surface area contributed by atoms with Crippen LogP contribution in [-0.2, 0) is 21.2 Å². The SMILES string of the molecule is COc1ccc(S(=O)(=O)NCCNC(=O)Cc2ccccc2)cc1C. The summed E-state index contributed by atoms with van der Waals surface area (Å²) in [7, 11) is -2.09. The summed E-state index contributed by atoms with van der Waals surface area (Å²) in [5, 5.41) is 2.70. The molecule has 0 aliphatic carbocycles. The van der Waals surface area contributed by atoms with Crippen LogP contribution in [0.3, 0.4) is 0 Å². The summed E-state index contributed by atoms with van der Waals surface area (Å²) in [6, 6.07) is 14.0. The average molecular weight is 362 g/mol. The Labute approximate surface area is 148 Å². The van der Waals surface area contributed by atoms with Gasteiger partial charge >= 0.3 is 0 Å². The fraction of sp³-hybridized carbons (Fsp3) is 0.278. The average Bonchev–Trinajstić information content (AvgIpc) is 2.59. The maximum absolute atomic E-state index is 12.3. The fourth-order valence-electron chi connectivity index (χ4n) is 2.33. The standard InChI is InChI=1S/C18H22N2O4S/c1-14-12-16(8-9-17(14)24-2)25(22,23)20-11-10-19-18(21)13-15-6-4-3-5-7-15/h3-9,12,20H,10-11,13H2,1-2H3,(H,19,21). The molecule has 0 aliphatic rings. The third-order valence-electron chi connectivity index (χ3n) is 3.62. The fourth-order valence-corrected chi connectivity index (χ4v) is 3.45. The molecule has 2 aromatic rings. The number of rotatable bonds is 8. The van der Waals surface area contributed by atoms with Crippen molar-refractivity contribution < 1.29 is 17.9 Å². The summed E-state index contributed by atoms with van der Waals surface area (Å²) in [6.45, 7) is 2.12. The molecule has 0 spiro atoms. The first kappa shape index (κ1) is 19.0. The Bertz CT molecular complexity index is 820. The molecule has 0 aliphatic heterocycles. The van der Waals surface area contributed by atoms with Crippen LogP contribution < -0.4 is 14.8 Å². The highest BCUT2D eigenvalue weighted by molar-refractivity contribution is 7.89. The van der Waals surface area contributed by atoms with Gasteiger partial charge in [-0.25, -0.2) is 13.1 Å². The van der Waals surface area contributed by atoms with Gasteiger partial charge in [0, 0.05) is 13.1 Å². The van der Waals surface area contributed by atoms with Crippen LogP contribution in [-0.4, -0.2) is 34.5 Å². The molecular formula is C18H22N2O4S. The Morgan fingerprint density at radius 3 is 2.44 bits per heavy atom. The van der Waals surface area contributed by atoms with E-state index < -0.39 is 10.0 Å². The van der Waals surface area contributed by atoms with Gasteiger partial charge in [-0.05, 0) is 36.2 Å². The number of sulfonamides is 1. The van der Waals surface area contributed by atoms with Crippen molar-refractivity contribution in [2.24, 2.45) is 0 Å². The van der Waals surface area contributed by atoms with Crippen molar-refractivity contribution in [3.8, 4) is 5.75 Å². The Morgan fingerprint density at radius 1 is 1.08 bits per heavy atom. The molecule has 0 aromatic heterocycles. The number of amides is 1. The van der Waals surface area contributed by atoms with Gasteiger partial charge in [-0.1, -0.05) is 30.3 Å². The summed E-state index contributed by atoms with van der Waals surface area (Å²) in [5.41, 5.74) is 1.65. The van der Waals surface area contributed by atoms with E-state index in [0.29, 0.717) is 5.75 Å². The molecule has 0 fully saturated rings. The number of hydrogen-bond acceptors (Lipinski definition) is 4. The highest BCUT2D eigenvalue weighted by Crippen LogP contribution is 2.21. The number of benzene rings is 2. The summed E-state index contributed by atoms with van der Waals surface area (Å²) in [6.07, 6.45) is 0.269. The molecule has 0 heterocycles. The molecule has 7 heteroatoms. The van der Waals surface area contributed by atoms with E-state index in [-0.39, 0.29) is 30.3 Å². The molecule has 0 unspecified atom stereocenters. The molecule has 0 radical (unpaired) electrons. The third kappa shape index (κ3) is 5.58. The van der Waals surface area contributed by atoms with Crippen LogP contribution in [0.5, 0.6) is 5.75 Å². The predicted molar refractivity (Wildman–Crippen MR) is 96.1 cm³/mol. The number of ether oxygens (including phenoxy) is 1. The van der Waals surface area contributed by atoms with Crippen molar-refractivity contribution in [3.63, 3.8) is 0 Å². The van der Waals surface area contributed by atoms with Crippen molar-refractivity contribution in [2.45, 2.75) is 18.2 Å². The number of hydrogen-bond donors (Lipinski definition) is 2. The normalized spacial score (nSPS) is 11.1. The molecule has 134 valence electrons. The quantitative estimate of drug-likeness (QED) is 0.699. The van der Waals surface area contributed by atoms with Crippen LogP contribution >= 0.6 is 0 Å². The van der Waals surface area contributed by atoms with Crippen LogP contribution in [0.2, 0.25) is 0 Å². The Hall–Kier alpha value is -2.38. The largest absolute Gasteiger partial charge is 0.496 e. The van der Waals surface area contributed by atoms with Gasteiger partial charge in [-0.15, -0.1) is 0 Å². The zero-order valence-electron chi connectivity index (χ0n) is 14.3. The minimum Gasteiger partial charge on any atom is -0.496 e. The van der Waals surface area contributed by atoms with Gasteiger partial charge in [0.05, 0.1) is 18.4 Å². The molecule has 0 atom stereocenters. The van der Waals surface area contributed by atoms with Crippen molar-refractivity contribution >= 4 is 15.9 Å². The Balaban J connectivity index is 1.82. The number of carbonyl (C=O) groups excluding carboxylic acids is 1. The summed E-state index contributed by atoms with van der Waals surface area (Å²) in [4.78, 5) is 12.0. The van der Waals surface area contributed by atoms with Crippen molar-refractivity contribution in [1.82, 2.24) is 10.0 Å². The first-order valence-electron chi connectivity index (χ1n) is 7.87. The number of carbonyl (C=O) groups is 1. The zero-order valence-corrected chi connectivity index (χ0v) is 15.1. The summed E-state index contributed by atoms with van der Waals surface area (Å²) < 4.78 is 32.1. The molecule has 6 nitrogen and oxygen atoms in total. The van der Waals surface area contributed by atoms with E-state index in [0.717, 1.165) is 11.1 Å². The van der Waals surface area contributed by atoms with Crippen molar-refractivity contribution in [2.75, 3.05) is 20.2 Å². The van der Waals surface area contributed by atoms with Gasteiger partial charge in [-0.3, -0.25) is 4.79 Å². The highest BCUT2D eigenvalue weighted by Gasteiger charge is 2.15. The van der Waals surface area contributed by atoms with Crippen LogP contribution in [0.15, 0.2) is 53.4 Å². The number of methoxy groups -OCH3 is 1. The van der Waals surface area contributed by atoms with Gasteiger partial charge in [0.1, 0.15) is 5.75 Å². The molecule has 25 heavy (non-hydrogen) atoms. The lowest BCUT2D eigenvalue weighted by Crippen LogP contribution is -2.35. The molecule has 2 rings (SSSR count). The van der Waals surface area contributed by atoms with Gasteiger partial charge < -0.3 is 10.1 Å². The number of nitrogens with one attached hydrogen (secondary N) is 2. The number of aryl methyl sites for hydroxylation is 1.